The molecule has 1 atom stereocenters. The maximum absolute atomic E-state index is 5.57. The summed E-state index contributed by atoms with van der Waals surface area (Å²) in [7, 11) is 0. The monoisotopic (exact) mass is 287 g/mol. The molecule has 0 amide bonds. The second-order valence-corrected chi connectivity index (χ2v) is 5.87. The highest BCUT2D eigenvalue weighted by Crippen LogP contribution is 2.26. The van der Waals surface area contributed by atoms with E-state index >= 15 is 0 Å². The van der Waals surface area contributed by atoms with Gasteiger partial charge in [-0.1, -0.05) is 12.1 Å². The molecule has 1 unspecified atom stereocenters. The minimum absolute atomic E-state index is 0.0386. The van der Waals surface area contributed by atoms with Crippen molar-refractivity contribution in [2.24, 2.45) is 0 Å². The number of fused-ring (bicyclic) bond motifs is 1. The summed E-state index contributed by atoms with van der Waals surface area (Å²) in [5.41, 5.74) is 2.31. The van der Waals surface area contributed by atoms with Crippen molar-refractivity contribution in [3.05, 3.63) is 30.6 Å². The quantitative estimate of drug-likeness (QED) is 0.866. The Morgan fingerprint density at radius 3 is 2.95 bits per heavy atom. The average molecular weight is 287 g/mol. The van der Waals surface area contributed by atoms with Crippen molar-refractivity contribution in [3.63, 3.8) is 0 Å². The predicted octanol–water partition coefficient (Wildman–Crippen LogP) is 2.05. The van der Waals surface area contributed by atoms with Gasteiger partial charge in [0.05, 0.1) is 30.6 Å². The first-order valence-corrected chi connectivity index (χ1v) is 7.77. The van der Waals surface area contributed by atoms with Crippen molar-refractivity contribution < 1.29 is 9.47 Å². The van der Waals surface area contributed by atoms with Crippen molar-refractivity contribution in [2.75, 3.05) is 32.8 Å². The number of nitrogens with zero attached hydrogens (tertiary/aromatic N) is 3. The van der Waals surface area contributed by atoms with Crippen LogP contribution in [0.2, 0.25) is 0 Å². The zero-order valence-corrected chi connectivity index (χ0v) is 12.1. The molecule has 2 aliphatic rings. The molecular weight excluding hydrogens is 266 g/mol. The van der Waals surface area contributed by atoms with E-state index in [4.69, 9.17) is 9.47 Å². The van der Waals surface area contributed by atoms with E-state index in [0.29, 0.717) is 6.04 Å². The predicted molar refractivity (Wildman–Crippen MR) is 80.1 cm³/mol. The molecule has 5 heteroatoms. The number of likely N-dealkylation sites (tertiary alicyclic amines) is 1. The third-order valence-corrected chi connectivity index (χ3v) is 4.45. The van der Waals surface area contributed by atoms with Crippen LogP contribution in [0.3, 0.4) is 0 Å². The average Bonchev–Trinajstić information content (AvgIpc) is 3.16. The first kappa shape index (κ1) is 13.2. The molecule has 1 aromatic heterocycles. The highest BCUT2D eigenvalue weighted by molar-refractivity contribution is 5.75. The van der Waals surface area contributed by atoms with Crippen LogP contribution in [0.4, 0.5) is 0 Å². The Kier molecular flexibility index (Phi) is 3.63. The third kappa shape index (κ3) is 2.69. The van der Waals surface area contributed by atoms with Crippen LogP contribution in [0.1, 0.15) is 18.9 Å². The second-order valence-electron chi connectivity index (χ2n) is 5.87. The van der Waals surface area contributed by atoms with Crippen molar-refractivity contribution in [2.45, 2.75) is 25.2 Å². The number of hydrogen-bond donors (Lipinski definition) is 0. The summed E-state index contributed by atoms with van der Waals surface area (Å²) in [6.07, 6.45) is 4.37. The zero-order chi connectivity index (χ0) is 14.1. The lowest BCUT2D eigenvalue weighted by atomic mass is 10.1. The summed E-state index contributed by atoms with van der Waals surface area (Å²) >= 11 is 0. The highest BCUT2D eigenvalue weighted by Gasteiger charge is 2.26. The number of benzene rings is 1. The van der Waals surface area contributed by atoms with Gasteiger partial charge in [-0.3, -0.25) is 4.90 Å². The molecule has 0 spiro atoms. The second kappa shape index (κ2) is 5.75. The zero-order valence-electron chi connectivity index (χ0n) is 12.1. The summed E-state index contributed by atoms with van der Waals surface area (Å²) in [5, 5.41) is 0. The van der Waals surface area contributed by atoms with E-state index in [-0.39, 0.29) is 6.29 Å². The summed E-state index contributed by atoms with van der Waals surface area (Å²) < 4.78 is 13.5. The maximum atomic E-state index is 5.57. The van der Waals surface area contributed by atoms with Gasteiger partial charge in [-0.05, 0) is 31.5 Å². The van der Waals surface area contributed by atoms with E-state index in [1.54, 1.807) is 0 Å². The molecule has 21 heavy (non-hydrogen) atoms. The van der Waals surface area contributed by atoms with Gasteiger partial charge in [-0.15, -0.1) is 0 Å². The van der Waals surface area contributed by atoms with Crippen LogP contribution in [-0.2, 0) is 9.47 Å². The normalized spacial score (nSPS) is 24.9. The van der Waals surface area contributed by atoms with Gasteiger partial charge in [0.1, 0.15) is 0 Å². The minimum atomic E-state index is -0.0386. The van der Waals surface area contributed by atoms with E-state index in [2.05, 4.69) is 32.7 Å². The maximum Gasteiger partial charge on any atom is 0.170 e. The van der Waals surface area contributed by atoms with Gasteiger partial charge in [0, 0.05) is 19.1 Å². The molecule has 0 saturated carbocycles. The number of aromatic nitrogens is 2. The van der Waals surface area contributed by atoms with Gasteiger partial charge in [0.15, 0.2) is 6.29 Å². The van der Waals surface area contributed by atoms with Crippen molar-refractivity contribution in [1.29, 1.82) is 0 Å². The largest absolute Gasteiger partial charge is 0.349 e. The van der Waals surface area contributed by atoms with Gasteiger partial charge in [0.2, 0.25) is 0 Å². The fourth-order valence-corrected chi connectivity index (χ4v) is 3.42. The molecule has 0 aliphatic carbocycles. The molecule has 0 N–H and O–H groups in total. The molecule has 2 aromatic rings. The Morgan fingerprint density at radius 1 is 1.19 bits per heavy atom. The van der Waals surface area contributed by atoms with Gasteiger partial charge < -0.3 is 14.0 Å². The number of imidazole rings is 1. The molecule has 2 saturated heterocycles. The Labute approximate surface area is 124 Å². The van der Waals surface area contributed by atoms with E-state index in [1.807, 2.05) is 12.4 Å². The number of hydrogen-bond acceptors (Lipinski definition) is 4. The van der Waals surface area contributed by atoms with Crippen molar-refractivity contribution in [3.8, 4) is 0 Å². The SMILES string of the molecule is c1ccc2c(c1)ncn2C1CCCN(CC2OCCO2)C1. The molecule has 112 valence electrons. The number of ether oxygens (including phenoxy) is 2. The third-order valence-electron chi connectivity index (χ3n) is 4.45. The van der Waals surface area contributed by atoms with Gasteiger partial charge in [-0.2, -0.15) is 0 Å². The van der Waals surface area contributed by atoms with E-state index in [1.165, 1.54) is 18.4 Å². The van der Waals surface area contributed by atoms with Crippen LogP contribution >= 0.6 is 0 Å². The van der Waals surface area contributed by atoms with Crippen molar-refractivity contribution in [1.82, 2.24) is 14.5 Å². The molecular formula is C16H21N3O2. The van der Waals surface area contributed by atoms with Crippen LogP contribution in [-0.4, -0.2) is 53.6 Å². The summed E-state index contributed by atoms with van der Waals surface area (Å²) in [5.74, 6) is 0. The summed E-state index contributed by atoms with van der Waals surface area (Å²) in [6.45, 7) is 4.52. The first-order valence-electron chi connectivity index (χ1n) is 7.77. The number of rotatable bonds is 3. The van der Waals surface area contributed by atoms with Crippen LogP contribution < -0.4 is 0 Å². The number of piperidine rings is 1. The van der Waals surface area contributed by atoms with Crippen LogP contribution in [0, 0.1) is 0 Å². The van der Waals surface area contributed by atoms with Gasteiger partial charge in [-0.25, -0.2) is 4.98 Å². The lowest BCUT2D eigenvalue weighted by Crippen LogP contribution is -2.41. The summed E-state index contributed by atoms with van der Waals surface area (Å²) in [6, 6.07) is 8.85. The highest BCUT2D eigenvalue weighted by atomic mass is 16.7. The molecule has 0 bridgehead atoms. The Hall–Kier alpha value is -1.43. The standard InChI is InChI=1S/C16H21N3O2/c1-2-6-15-14(5-1)17-12-19(15)13-4-3-7-18(10-13)11-16-20-8-9-21-16/h1-2,5-6,12-13,16H,3-4,7-11H2. The Bertz CT molecular complexity index is 606. The Morgan fingerprint density at radius 2 is 2.05 bits per heavy atom. The van der Waals surface area contributed by atoms with E-state index in [0.717, 1.165) is 38.4 Å². The van der Waals surface area contributed by atoms with Crippen LogP contribution in [0.5, 0.6) is 0 Å². The minimum Gasteiger partial charge on any atom is -0.349 e. The van der Waals surface area contributed by atoms with Crippen LogP contribution in [0.15, 0.2) is 30.6 Å². The molecule has 4 rings (SSSR count). The smallest absolute Gasteiger partial charge is 0.170 e. The molecule has 5 nitrogen and oxygen atoms in total. The molecule has 0 radical (unpaired) electrons. The summed E-state index contributed by atoms with van der Waals surface area (Å²) in [4.78, 5) is 6.97. The van der Waals surface area contributed by atoms with Crippen molar-refractivity contribution >= 4 is 11.0 Å². The van der Waals surface area contributed by atoms with Gasteiger partial charge in [0.25, 0.3) is 0 Å². The van der Waals surface area contributed by atoms with Crippen LogP contribution in [0.25, 0.3) is 11.0 Å². The molecule has 1 aromatic carbocycles. The Balaban J connectivity index is 1.49. The topological polar surface area (TPSA) is 39.5 Å². The lowest BCUT2D eigenvalue weighted by molar-refractivity contribution is -0.0665. The molecule has 2 aliphatic heterocycles. The van der Waals surface area contributed by atoms with Gasteiger partial charge >= 0.3 is 0 Å². The molecule has 2 fully saturated rings. The number of para-hydroxylation sites is 2. The fraction of sp³-hybridized carbons (Fsp3) is 0.562. The first-order chi connectivity index (χ1) is 10.4. The lowest BCUT2D eigenvalue weighted by Gasteiger charge is -2.34. The van der Waals surface area contributed by atoms with E-state index < -0.39 is 0 Å². The van der Waals surface area contributed by atoms with E-state index in [9.17, 15) is 0 Å². The molecule has 3 heterocycles. The fourth-order valence-electron chi connectivity index (χ4n) is 3.42.